The van der Waals surface area contributed by atoms with Crippen LogP contribution in [0.1, 0.15) is 52.9 Å². The van der Waals surface area contributed by atoms with Gasteiger partial charge in [0.15, 0.2) is 0 Å². The van der Waals surface area contributed by atoms with Crippen molar-refractivity contribution in [3.8, 4) is 0 Å². The van der Waals surface area contributed by atoms with Gasteiger partial charge in [0, 0.05) is 18.6 Å². The lowest BCUT2D eigenvalue weighted by atomic mass is 9.78. The standard InChI is InChI=1S/C15H30N2/c1-12-6-7-13(16-4)14(10-12)17-9-5-8-15(2,3)11-17/h12-14,16H,5-11H2,1-4H3. The maximum Gasteiger partial charge on any atom is 0.0251 e. The Morgan fingerprint density at radius 3 is 2.65 bits per heavy atom. The summed E-state index contributed by atoms with van der Waals surface area (Å²) in [6.45, 7) is 9.90. The number of likely N-dealkylation sites (N-methyl/N-ethyl adjacent to an activating group) is 1. The molecule has 1 heterocycles. The molecule has 0 aromatic heterocycles. The minimum Gasteiger partial charge on any atom is -0.315 e. The molecule has 3 atom stereocenters. The fraction of sp³-hybridized carbons (Fsp3) is 1.00. The van der Waals surface area contributed by atoms with Crippen LogP contribution in [0.15, 0.2) is 0 Å². The first-order valence-corrected chi connectivity index (χ1v) is 7.43. The molecule has 100 valence electrons. The van der Waals surface area contributed by atoms with Crippen molar-refractivity contribution in [2.24, 2.45) is 11.3 Å². The van der Waals surface area contributed by atoms with Crippen molar-refractivity contribution >= 4 is 0 Å². The second-order valence-corrected chi connectivity index (χ2v) is 7.12. The molecule has 3 unspecified atom stereocenters. The Morgan fingerprint density at radius 2 is 2.00 bits per heavy atom. The average molecular weight is 238 g/mol. The summed E-state index contributed by atoms with van der Waals surface area (Å²) in [4.78, 5) is 2.78. The van der Waals surface area contributed by atoms with Gasteiger partial charge in [0.1, 0.15) is 0 Å². The van der Waals surface area contributed by atoms with Crippen molar-refractivity contribution < 1.29 is 0 Å². The van der Waals surface area contributed by atoms with Crippen LogP contribution < -0.4 is 5.32 Å². The highest BCUT2D eigenvalue weighted by Gasteiger charge is 2.36. The summed E-state index contributed by atoms with van der Waals surface area (Å²) in [5, 5.41) is 3.56. The number of likely N-dealkylation sites (tertiary alicyclic amines) is 1. The normalized spacial score (nSPS) is 39.2. The minimum absolute atomic E-state index is 0.525. The molecular weight excluding hydrogens is 208 g/mol. The Morgan fingerprint density at radius 1 is 1.24 bits per heavy atom. The molecule has 2 fully saturated rings. The number of hydrogen-bond donors (Lipinski definition) is 1. The third-order valence-electron chi connectivity index (χ3n) is 4.85. The van der Waals surface area contributed by atoms with Crippen molar-refractivity contribution in [1.82, 2.24) is 10.2 Å². The van der Waals surface area contributed by atoms with Crippen molar-refractivity contribution in [3.05, 3.63) is 0 Å². The highest BCUT2D eigenvalue weighted by Crippen LogP contribution is 2.34. The van der Waals surface area contributed by atoms with E-state index in [4.69, 9.17) is 0 Å². The van der Waals surface area contributed by atoms with Gasteiger partial charge in [0.25, 0.3) is 0 Å². The molecular formula is C15H30N2. The summed E-state index contributed by atoms with van der Waals surface area (Å²) in [6.07, 6.45) is 6.93. The average Bonchev–Trinajstić information content (AvgIpc) is 2.27. The van der Waals surface area contributed by atoms with Gasteiger partial charge in [-0.3, -0.25) is 4.90 Å². The van der Waals surface area contributed by atoms with Gasteiger partial charge in [-0.1, -0.05) is 20.8 Å². The van der Waals surface area contributed by atoms with Crippen molar-refractivity contribution in [1.29, 1.82) is 0 Å². The Hall–Kier alpha value is -0.0800. The summed E-state index contributed by atoms with van der Waals surface area (Å²) in [6, 6.07) is 1.50. The SMILES string of the molecule is CNC1CCC(C)CC1N1CCCC(C)(C)C1. The third-order valence-corrected chi connectivity index (χ3v) is 4.85. The first-order valence-electron chi connectivity index (χ1n) is 7.43. The van der Waals surface area contributed by atoms with Gasteiger partial charge < -0.3 is 5.32 Å². The van der Waals surface area contributed by atoms with Crippen molar-refractivity contribution in [2.45, 2.75) is 65.0 Å². The first-order chi connectivity index (χ1) is 8.02. The third kappa shape index (κ3) is 3.23. The summed E-state index contributed by atoms with van der Waals surface area (Å²) in [5.74, 6) is 0.912. The second kappa shape index (κ2) is 5.27. The topological polar surface area (TPSA) is 15.3 Å². The molecule has 2 heteroatoms. The van der Waals surface area contributed by atoms with E-state index in [0.717, 1.165) is 18.0 Å². The van der Waals surface area contributed by atoms with Gasteiger partial charge in [-0.15, -0.1) is 0 Å². The van der Waals surface area contributed by atoms with E-state index >= 15 is 0 Å². The van der Waals surface area contributed by atoms with Gasteiger partial charge in [-0.2, -0.15) is 0 Å². The summed E-state index contributed by atoms with van der Waals surface area (Å²) in [5.41, 5.74) is 0.525. The number of hydrogen-bond acceptors (Lipinski definition) is 2. The van der Waals surface area contributed by atoms with Crippen molar-refractivity contribution in [2.75, 3.05) is 20.1 Å². The van der Waals surface area contributed by atoms with Gasteiger partial charge in [-0.25, -0.2) is 0 Å². The van der Waals surface area contributed by atoms with Crippen LogP contribution >= 0.6 is 0 Å². The zero-order chi connectivity index (χ0) is 12.5. The summed E-state index contributed by atoms with van der Waals surface area (Å²) in [7, 11) is 2.14. The highest BCUT2D eigenvalue weighted by molar-refractivity contribution is 4.93. The van der Waals surface area contributed by atoms with Crippen LogP contribution in [0.2, 0.25) is 0 Å². The zero-order valence-electron chi connectivity index (χ0n) is 12.1. The van der Waals surface area contributed by atoms with Crippen LogP contribution in [0.25, 0.3) is 0 Å². The van der Waals surface area contributed by atoms with E-state index in [0.29, 0.717) is 5.41 Å². The van der Waals surface area contributed by atoms with E-state index in [1.54, 1.807) is 0 Å². The maximum absolute atomic E-state index is 3.56. The lowest BCUT2D eigenvalue weighted by Gasteiger charge is -2.47. The van der Waals surface area contributed by atoms with Crippen LogP contribution in [-0.4, -0.2) is 37.1 Å². The number of rotatable bonds is 2. The van der Waals surface area contributed by atoms with Gasteiger partial charge in [-0.05, 0) is 57.0 Å². The van der Waals surface area contributed by atoms with Crippen LogP contribution in [0, 0.1) is 11.3 Å². The van der Waals surface area contributed by atoms with Gasteiger partial charge in [0.2, 0.25) is 0 Å². The maximum atomic E-state index is 3.56. The molecule has 17 heavy (non-hydrogen) atoms. The number of nitrogens with zero attached hydrogens (tertiary/aromatic N) is 1. The van der Waals surface area contributed by atoms with Gasteiger partial charge >= 0.3 is 0 Å². The Kier molecular flexibility index (Phi) is 4.14. The fourth-order valence-corrected chi connectivity index (χ4v) is 3.84. The van der Waals surface area contributed by atoms with E-state index in [1.165, 1.54) is 45.2 Å². The first kappa shape index (κ1) is 13.4. The molecule has 0 radical (unpaired) electrons. The minimum atomic E-state index is 0.525. The highest BCUT2D eigenvalue weighted by atomic mass is 15.2. The molecule has 2 aliphatic rings. The van der Waals surface area contributed by atoms with E-state index in [1.807, 2.05) is 0 Å². The molecule has 0 aromatic carbocycles. The van der Waals surface area contributed by atoms with E-state index in [2.05, 4.69) is 38.0 Å². The molecule has 1 saturated carbocycles. The Labute approximate surface area is 107 Å². The molecule has 2 rings (SSSR count). The molecule has 1 aliphatic carbocycles. The zero-order valence-corrected chi connectivity index (χ0v) is 12.1. The Bertz CT molecular complexity index is 249. The smallest absolute Gasteiger partial charge is 0.0251 e. The lowest BCUT2D eigenvalue weighted by Crippen LogP contribution is -2.56. The predicted molar refractivity (Wildman–Crippen MR) is 74.2 cm³/mol. The molecule has 0 bridgehead atoms. The fourth-order valence-electron chi connectivity index (χ4n) is 3.84. The predicted octanol–water partition coefficient (Wildman–Crippen LogP) is 2.89. The van der Waals surface area contributed by atoms with Crippen LogP contribution in [0.3, 0.4) is 0 Å². The number of piperidine rings is 1. The van der Waals surface area contributed by atoms with Crippen LogP contribution in [0.4, 0.5) is 0 Å². The molecule has 1 N–H and O–H groups in total. The molecule has 1 saturated heterocycles. The number of nitrogens with one attached hydrogen (secondary N) is 1. The van der Waals surface area contributed by atoms with Crippen LogP contribution in [0.5, 0.6) is 0 Å². The largest absolute Gasteiger partial charge is 0.315 e. The molecule has 1 aliphatic heterocycles. The van der Waals surface area contributed by atoms with Crippen LogP contribution in [-0.2, 0) is 0 Å². The molecule has 0 amide bonds. The van der Waals surface area contributed by atoms with E-state index in [9.17, 15) is 0 Å². The molecule has 0 aromatic rings. The van der Waals surface area contributed by atoms with Crippen molar-refractivity contribution in [3.63, 3.8) is 0 Å². The summed E-state index contributed by atoms with van der Waals surface area (Å²) >= 11 is 0. The van der Waals surface area contributed by atoms with E-state index in [-0.39, 0.29) is 0 Å². The Balaban J connectivity index is 2.02. The molecule has 2 nitrogen and oxygen atoms in total. The lowest BCUT2D eigenvalue weighted by molar-refractivity contribution is 0.0360. The summed E-state index contributed by atoms with van der Waals surface area (Å²) < 4.78 is 0. The van der Waals surface area contributed by atoms with E-state index < -0.39 is 0 Å². The quantitative estimate of drug-likeness (QED) is 0.796. The monoisotopic (exact) mass is 238 g/mol. The second-order valence-electron chi connectivity index (χ2n) is 7.12. The van der Waals surface area contributed by atoms with Gasteiger partial charge in [0.05, 0.1) is 0 Å². The molecule has 0 spiro atoms.